The summed E-state index contributed by atoms with van der Waals surface area (Å²) in [5, 5.41) is 9.45. The van der Waals surface area contributed by atoms with E-state index >= 15 is 0 Å². The smallest absolute Gasteiger partial charge is 0.135 e. The summed E-state index contributed by atoms with van der Waals surface area (Å²) in [6, 6.07) is 92.3. The topological polar surface area (TPSA) is 32.8 Å². The molecule has 0 atom stereocenters. The van der Waals surface area contributed by atoms with Crippen molar-refractivity contribution in [2.45, 2.75) is 19.3 Å². The first-order valence-corrected chi connectivity index (χ1v) is 25.8. The zero-order valence-corrected chi connectivity index (χ0v) is 41.5. The van der Waals surface area contributed by atoms with E-state index in [-0.39, 0.29) is 5.41 Å². The van der Waals surface area contributed by atoms with Crippen molar-refractivity contribution in [2.24, 2.45) is 0 Å². The van der Waals surface area contributed by atoms with Gasteiger partial charge in [0, 0.05) is 61.1 Å². The van der Waals surface area contributed by atoms with Crippen molar-refractivity contribution < 1.29 is 8.83 Å². The zero-order valence-electron chi connectivity index (χ0n) is 41.5. The highest BCUT2D eigenvalue weighted by Gasteiger charge is 2.36. The van der Waals surface area contributed by atoms with Crippen LogP contribution < -0.4 is 9.80 Å². The van der Waals surface area contributed by atoms with Crippen LogP contribution in [0.1, 0.15) is 25.0 Å². The average Bonchev–Trinajstić information content (AvgIpc) is 4.14. The first kappa shape index (κ1) is 43.0. The average molecular weight is 961 g/mol. The largest absolute Gasteiger partial charge is 0.456 e. The SMILES string of the molecule is CC1(C)c2cc(-c3ccc(N(c4ccccc4)c4ccc5oc6ccccc6c5c4)cc3)ccc2-c2c(-c3ccccc3)c3ccc(N(c4ccccc4)c4ccc5oc6ccccc6c5c4)cc3c3cccc1c23. The summed E-state index contributed by atoms with van der Waals surface area (Å²) in [6.07, 6.45) is 0. The van der Waals surface area contributed by atoms with Gasteiger partial charge in [0.2, 0.25) is 0 Å². The Labute approximate surface area is 434 Å². The van der Waals surface area contributed by atoms with Gasteiger partial charge in [-0.2, -0.15) is 0 Å². The molecule has 12 aromatic carbocycles. The molecule has 4 heteroatoms. The highest BCUT2D eigenvalue weighted by molar-refractivity contribution is 6.24. The Morgan fingerprint density at radius 2 is 0.747 bits per heavy atom. The van der Waals surface area contributed by atoms with Gasteiger partial charge < -0.3 is 18.6 Å². The normalized spacial score (nSPS) is 12.8. The predicted octanol–water partition coefficient (Wildman–Crippen LogP) is 20.4. The molecule has 0 bridgehead atoms. The maximum absolute atomic E-state index is 6.30. The van der Waals surface area contributed by atoms with Crippen LogP contribution in [0.2, 0.25) is 0 Å². The quantitative estimate of drug-likeness (QED) is 0.142. The number of benzene rings is 12. The molecule has 2 heterocycles. The third kappa shape index (κ3) is 6.76. The first-order chi connectivity index (χ1) is 36.9. The molecule has 14 aromatic rings. The second-order valence-electron chi connectivity index (χ2n) is 20.4. The van der Waals surface area contributed by atoms with E-state index in [2.05, 4.69) is 254 Å². The number of hydrogen-bond donors (Lipinski definition) is 0. The molecule has 0 saturated carbocycles. The lowest BCUT2D eigenvalue weighted by molar-refractivity contribution is 0.645. The van der Waals surface area contributed by atoms with Crippen LogP contribution in [0.3, 0.4) is 0 Å². The lowest BCUT2D eigenvalue weighted by atomic mass is 9.66. The van der Waals surface area contributed by atoms with Gasteiger partial charge in [-0.1, -0.05) is 166 Å². The number of fused-ring (bicyclic) bond motifs is 10. The second kappa shape index (κ2) is 16.7. The van der Waals surface area contributed by atoms with Gasteiger partial charge in [-0.3, -0.25) is 0 Å². The molecule has 2 aromatic heterocycles. The Kier molecular flexibility index (Phi) is 9.58. The van der Waals surface area contributed by atoms with Gasteiger partial charge in [0.15, 0.2) is 0 Å². The number of hydrogen-bond acceptors (Lipinski definition) is 4. The summed E-state index contributed by atoms with van der Waals surface area (Å²) < 4.78 is 12.5. The summed E-state index contributed by atoms with van der Waals surface area (Å²) in [6.45, 7) is 4.81. The van der Waals surface area contributed by atoms with Crippen molar-refractivity contribution in [3.8, 4) is 33.4 Å². The summed E-state index contributed by atoms with van der Waals surface area (Å²) >= 11 is 0. The van der Waals surface area contributed by atoms with Gasteiger partial charge in [0.1, 0.15) is 22.3 Å². The molecule has 0 saturated heterocycles. The van der Waals surface area contributed by atoms with Crippen molar-refractivity contribution in [3.63, 3.8) is 0 Å². The fraction of sp³-hybridized carbons (Fsp3) is 0.0423. The molecule has 75 heavy (non-hydrogen) atoms. The lowest BCUT2D eigenvalue weighted by Crippen LogP contribution is -2.24. The standard InChI is InChI=1S/C71H48N2O2/c1-71(2)62-26-16-25-56-59-42-51(73(49-21-10-5-11-22-49)53-36-40-67-61(44-53)55-24-13-15-28-65(55)75-67)34-38-57(59)68(46-17-6-3-7-18-46)70(69(56)62)58-37-31-47(41-63(58)71)45-29-32-50(33-30-45)72(48-19-8-4-9-20-48)52-35-39-66-60(43-52)54-23-12-14-27-64(54)74-66/h3-44H,1-2H3. The van der Waals surface area contributed by atoms with Gasteiger partial charge in [-0.05, 0) is 169 Å². The molecular formula is C71H48N2O2. The zero-order chi connectivity index (χ0) is 49.8. The summed E-state index contributed by atoms with van der Waals surface area (Å²) in [4.78, 5) is 4.71. The van der Waals surface area contributed by atoms with Crippen LogP contribution in [0.5, 0.6) is 0 Å². The summed E-state index contributed by atoms with van der Waals surface area (Å²) in [5.74, 6) is 0. The van der Waals surface area contributed by atoms with Crippen LogP contribution in [0, 0.1) is 0 Å². The minimum atomic E-state index is -0.310. The third-order valence-corrected chi connectivity index (χ3v) is 15.8. The number of anilines is 6. The van der Waals surface area contributed by atoms with Crippen molar-refractivity contribution >= 4 is 99.5 Å². The van der Waals surface area contributed by atoms with E-state index in [0.29, 0.717) is 0 Å². The molecule has 0 radical (unpaired) electrons. The Bertz CT molecular complexity index is 4550. The van der Waals surface area contributed by atoms with Gasteiger partial charge in [-0.15, -0.1) is 0 Å². The molecule has 0 aliphatic heterocycles. The lowest BCUT2D eigenvalue weighted by Gasteiger charge is -2.37. The molecular weight excluding hydrogens is 913 g/mol. The number of furan rings is 2. The van der Waals surface area contributed by atoms with E-state index in [9.17, 15) is 0 Å². The summed E-state index contributed by atoms with van der Waals surface area (Å²) in [7, 11) is 0. The fourth-order valence-corrected chi connectivity index (χ4v) is 12.3. The van der Waals surface area contributed by atoms with Gasteiger partial charge >= 0.3 is 0 Å². The molecule has 4 nitrogen and oxygen atoms in total. The summed E-state index contributed by atoms with van der Waals surface area (Å²) in [5.41, 5.74) is 19.8. The van der Waals surface area contributed by atoms with E-state index in [4.69, 9.17) is 8.83 Å². The van der Waals surface area contributed by atoms with Crippen molar-refractivity contribution in [1.82, 2.24) is 0 Å². The van der Waals surface area contributed by atoms with Crippen LogP contribution in [-0.2, 0) is 5.41 Å². The highest BCUT2D eigenvalue weighted by atomic mass is 16.3. The fourth-order valence-electron chi connectivity index (χ4n) is 12.3. The Balaban J connectivity index is 0.877. The van der Waals surface area contributed by atoms with Gasteiger partial charge in [0.05, 0.1) is 0 Å². The maximum atomic E-state index is 6.30. The van der Waals surface area contributed by atoms with Crippen LogP contribution in [0.25, 0.3) is 98.8 Å². The van der Waals surface area contributed by atoms with Crippen LogP contribution in [-0.4, -0.2) is 0 Å². The highest BCUT2D eigenvalue weighted by Crippen LogP contribution is 2.56. The van der Waals surface area contributed by atoms with Crippen molar-refractivity contribution in [2.75, 3.05) is 9.80 Å². The molecule has 354 valence electrons. The van der Waals surface area contributed by atoms with Gasteiger partial charge in [-0.25, -0.2) is 0 Å². The van der Waals surface area contributed by atoms with Crippen molar-refractivity contribution in [1.29, 1.82) is 0 Å². The van der Waals surface area contributed by atoms with Crippen LogP contribution >= 0.6 is 0 Å². The molecule has 0 N–H and O–H groups in total. The second-order valence-corrected chi connectivity index (χ2v) is 20.4. The van der Waals surface area contributed by atoms with Crippen LogP contribution in [0.15, 0.2) is 264 Å². The third-order valence-electron chi connectivity index (χ3n) is 15.8. The molecule has 0 spiro atoms. The number of nitrogens with zero attached hydrogens (tertiary/aromatic N) is 2. The molecule has 1 aliphatic carbocycles. The van der Waals surface area contributed by atoms with E-state index in [1.807, 2.05) is 24.3 Å². The van der Waals surface area contributed by atoms with Crippen LogP contribution in [0.4, 0.5) is 34.1 Å². The van der Waals surface area contributed by atoms with E-state index < -0.39 is 0 Å². The Morgan fingerprint density at radius 3 is 1.36 bits per heavy atom. The minimum Gasteiger partial charge on any atom is -0.456 e. The Hall–Kier alpha value is -9.64. The minimum absolute atomic E-state index is 0.310. The number of para-hydroxylation sites is 4. The molecule has 0 fully saturated rings. The van der Waals surface area contributed by atoms with E-state index in [0.717, 1.165) is 78.0 Å². The van der Waals surface area contributed by atoms with Crippen molar-refractivity contribution in [3.05, 3.63) is 266 Å². The Morgan fingerprint density at radius 1 is 0.280 bits per heavy atom. The number of rotatable bonds is 8. The molecule has 0 unspecified atom stereocenters. The van der Waals surface area contributed by atoms with Gasteiger partial charge in [0.25, 0.3) is 0 Å². The molecule has 1 aliphatic rings. The predicted molar refractivity (Wildman–Crippen MR) is 314 cm³/mol. The molecule has 15 rings (SSSR count). The van der Waals surface area contributed by atoms with E-state index in [1.54, 1.807) is 0 Å². The molecule has 0 amide bonds. The maximum Gasteiger partial charge on any atom is 0.135 e. The van der Waals surface area contributed by atoms with E-state index in [1.165, 1.54) is 66.1 Å². The first-order valence-electron chi connectivity index (χ1n) is 25.8. The monoisotopic (exact) mass is 960 g/mol.